The second-order valence-corrected chi connectivity index (χ2v) is 5.11. The van der Waals surface area contributed by atoms with E-state index < -0.39 is 0 Å². The second-order valence-electron chi connectivity index (χ2n) is 5.11. The summed E-state index contributed by atoms with van der Waals surface area (Å²) in [5, 5.41) is 3.51. The summed E-state index contributed by atoms with van der Waals surface area (Å²) in [6.07, 6.45) is 1.39. The van der Waals surface area contributed by atoms with Gasteiger partial charge in [-0.25, -0.2) is 0 Å². The van der Waals surface area contributed by atoms with Crippen molar-refractivity contribution in [1.29, 1.82) is 0 Å². The maximum atomic E-state index is 5.08. The van der Waals surface area contributed by atoms with E-state index in [1.54, 1.807) is 7.11 Å². The van der Waals surface area contributed by atoms with Crippen molar-refractivity contribution in [3.63, 3.8) is 0 Å². The van der Waals surface area contributed by atoms with Crippen LogP contribution in [-0.4, -0.2) is 26.8 Å². The van der Waals surface area contributed by atoms with E-state index >= 15 is 0 Å². The van der Waals surface area contributed by atoms with Crippen LogP contribution in [0.4, 0.5) is 0 Å². The highest BCUT2D eigenvalue weighted by Crippen LogP contribution is 2.50. The molecule has 2 unspecified atom stereocenters. The first-order valence-corrected chi connectivity index (χ1v) is 5.26. The van der Waals surface area contributed by atoms with E-state index in [1.165, 1.54) is 13.0 Å². The van der Waals surface area contributed by atoms with Gasteiger partial charge < -0.3 is 10.1 Å². The Bertz CT molecular complexity index is 156. The van der Waals surface area contributed by atoms with Crippen molar-refractivity contribution in [1.82, 2.24) is 5.32 Å². The SMILES string of the molecule is COCC(C)CNCC1CC1(C)C. The smallest absolute Gasteiger partial charge is 0.0499 e. The summed E-state index contributed by atoms with van der Waals surface area (Å²) in [6, 6.07) is 0. The lowest BCUT2D eigenvalue weighted by Gasteiger charge is -2.11. The van der Waals surface area contributed by atoms with Crippen LogP contribution in [0.2, 0.25) is 0 Å². The van der Waals surface area contributed by atoms with Crippen LogP contribution in [0, 0.1) is 17.3 Å². The van der Waals surface area contributed by atoms with Crippen LogP contribution in [0.15, 0.2) is 0 Å². The molecule has 2 heteroatoms. The van der Waals surface area contributed by atoms with E-state index in [2.05, 4.69) is 26.1 Å². The Morgan fingerprint density at radius 2 is 2.15 bits per heavy atom. The van der Waals surface area contributed by atoms with Crippen LogP contribution in [0.1, 0.15) is 27.2 Å². The number of rotatable bonds is 6. The topological polar surface area (TPSA) is 21.3 Å². The highest BCUT2D eigenvalue weighted by atomic mass is 16.5. The van der Waals surface area contributed by atoms with Crippen molar-refractivity contribution in [2.75, 3.05) is 26.8 Å². The fourth-order valence-corrected chi connectivity index (χ4v) is 1.77. The summed E-state index contributed by atoms with van der Waals surface area (Å²) in [5.41, 5.74) is 0.609. The Morgan fingerprint density at radius 3 is 2.62 bits per heavy atom. The van der Waals surface area contributed by atoms with Crippen LogP contribution in [0.3, 0.4) is 0 Å². The van der Waals surface area contributed by atoms with Gasteiger partial charge in [-0.05, 0) is 36.8 Å². The summed E-state index contributed by atoms with van der Waals surface area (Å²) in [6.45, 7) is 10.0. The molecule has 0 radical (unpaired) electrons. The first kappa shape index (κ1) is 11.0. The van der Waals surface area contributed by atoms with Crippen LogP contribution in [0.5, 0.6) is 0 Å². The Morgan fingerprint density at radius 1 is 1.54 bits per heavy atom. The molecule has 1 aliphatic carbocycles. The zero-order valence-corrected chi connectivity index (χ0v) is 9.39. The first-order chi connectivity index (χ1) is 6.06. The molecule has 78 valence electrons. The quantitative estimate of drug-likeness (QED) is 0.682. The van der Waals surface area contributed by atoms with Crippen molar-refractivity contribution < 1.29 is 4.74 Å². The maximum Gasteiger partial charge on any atom is 0.0499 e. The molecule has 2 nitrogen and oxygen atoms in total. The molecule has 1 saturated carbocycles. The molecule has 1 fully saturated rings. The predicted molar refractivity (Wildman–Crippen MR) is 55.8 cm³/mol. The molecule has 0 aliphatic heterocycles. The average Bonchev–Trinajstić information content (AvgIpc) is 2.59. The minimum absolute atomic E-state index is 0.609. The second kappa shape index (κ2) is 4.43. The van der Waals surface area contributed by atoms with E-state index in [0.29, 0.717) is 11.3 Å². The molecular formula is C11H23NO. The summed E-state index contributed by atoms with van der Waals surface area (Å²) in [7, 11) is 1.76. The van der Waals surface area contributed by atoms with Gasteiger partial charge >= 0.3 is 0 Å². The Kier molecular flexibility index (Phi) is 3.74. The standard InChI is InChI=1S/C11H23NO/c1-9(8-13-4)6-12-7-10-5-11(10,2)3/h9-10,12H,5-8H2,1-4H3. The fraction of sp³-hybridized carbons (Fsp3) is 1.00. The van der Waals surface area contributed by atoms with Crippen molar-refractivity contribution in [3.8, 4) is 0 Å². The molecule has 0 aromatic rings. The van der Waals surface area contributed by atoms with Gasteiger partial charge in [-0.1, -0.05) is 20.8 Å². The molecule has 0 aromatic carbocycles. The van der Waals surface area contributed by atoms with Crippen molar-refractivity contribution in [2.45, 2.75) is 27.2 Å². The normalized spacial score (nSPS) is 27.2. The lowest BCUT2D eigenvalue weighted by atomic mass is 10.1. The number of hydrogen-bond acceptors (Lipinski definition) is 2. The van der Waals surface area contributed by atoms with Crippen LogP contribution in [-0.2, 0) is 4.74 Å². The number of hydrogen-bond donors (Lipinski definition) is 1. The van der Waals surface area contributed by atoms with E-state index in [0.717, 1.165) is 19.1 Å². The molecule has 0 bridgehead atoms. The van der Waals surface area contributed by atoms with Gasteiger partial charge in [-0.15, -0.1) is 0 Å². The Hall–Kier alpha value is -0.0800. The molecule has 1 rings (SSSR count). The summed E-state index contributed by atoms with van der Waals surface area (Å²) in [4.78, 5) is 0. The van der Waals surface area contributed by atoms with Gasteiger partial charge in [0.2, 0.25) is 0 Å². The summed E-state index contributed by atoms with van der Waals surface area (Å²) in [5.74, 6) is 1.54. The molecule has 0 aromatic heterocycles. The number of nitrogens with one attached hydrogen (secondary N) is 1. The molecule has 0 saturated heterocycles. The van der Waals surface area contributed by atoms with Crippen molar-refractivity contribution in [2.24, 2.45) is 17.3 Å². The Labute approximate surface area is 82.0 Å². The predicted octanol–water partition coefficient (Wildman–Crippen LogP) is 1.90. The third-order valence-corrected chi connectivity index (χ3v) is 3.05. The van der Waals surface area contributed by atoms with Gasteiger partial charge in [-0.2, -0.15) is 0 Å². The highest BCUT2D eigenvalue weighted by Gasteiger charge is 2.44. The largest absolute Gasteiger partial charge is 0.384 e. The third kappa shape index (κ3) is 3.65. The minimum atomic E-state index is 0.609. The molecule has 1 aliphatic rings. The average molecular weight is 185 g/mol. The highest BCUT2D eigenvalue weighted by molar-refractivity contribution is 4.96. The van der Waals surface area contributed by atoms with Crippen LogP contribution in [0.25, 0.3) is 0 Å². The van der Waals surface area contributed by atoms with Gasteiger partial charge in [0.25, 0.3) is 0 Å². The number of ether oxygens (including phenoxy) is 1. The molecule has 1 N–H and O–H groups in total. The summed E-state index contributed by atoms with van der Waals surface area (Å²) >= 11 is 0. The van der Waals surface area contributed by atoms with E-state index in [4.69, 9.17) is 4.74 Å². The van der Waals surface area contributed by atoms with Crippen molar-refractivity contribution >= 4 is 0 Å². The Balaban J connectivity index is 1.96. The fourth-order valence-electron chi connectivity index (χ4n) is 1.77. The van der Waals surface area contributed by atoms with Crippen LogP contribution < -0.4 is 5.32 Å². The molecular weight excluding hydrogens is 162 g/mol. The van der Waals surface area contributed by atoms with Gasteiger partial charge in [0.1, 0.15) is 0 Å². The molecule has 0 amide bonds. The van der Waals surface area contributed by atoms with Gasteiger partial charge in [0.15, 0.2) is 0 Å². The van der Waals surface area contributed by atoms with E-state index in [9.17, 15) is 0 Å². The first-order valence-electron chi connectivity index (χ1n) is 5.26. The number of methoxy groups -OCH3 is 1. The van der Waals surface area contributed by atoms with Gasteiger partial charge in [-0.3, -0.25) is 0 Å². The molecule has 0 heterocycles. The van der Waals surface area contributed by atoms with Crippen molar-refractivity contribution in [3.05, 3.63) is 0 Å². The molecule has 2 atom stereocenters. The van der Waals surface area contributed by atoms with Gasteiger partial charge in [0, 0.05) is 13.7 Å². The third-order valence-electron chi connectivity index (χ3n) is 3.05. The van der Waals surface area contributed by atoms with Crippen LogP contribution >= 0.6 is 0 Å². The zero-order chi connectivity index (χ0) is 9.90. The lowest BCUT2D eigenvalue weighted by molar-refractivity contribution is 0.158. The monoisotopic (exact) mass is 185 g/mol. The minimum Gasteiger partial charge on any atom is -0.384 e. The maximum absolute atomic E-state index is 5.08. The molecule has 0 spiro atoms. The molecule has 13 heavy (non-hydrogen) atoms. The van der Waals surface area contributed by atoms with E-state index in [-0.39, 0.29) is 0 Å². The van der Waals surface area contributed by atoms with E-state index in [1.807, 2.05) is 0 Å². The zero-order valence-electron chi connectivity index (χ0n) is 9.39. The summed E-state index contributed by atoms with van der Waals surface area (Å²) < 4.78 is 5.08. The van der Waals surface area contributed by atoms with Gasteiger partial charge in [0.05, 0.1) is 0 Å². The lowest BCUT2D eigenvalue weighted by Crippen LogP contribution is -2.26.